The molecule has 2 aliphatic carbocycles. The van der Waals surface area contributed by atoms with Crippen molar-refractivity contribution < 1.29 is 18.7 Å². The third-order valence-corrected chi connectivity index (χ3v) is 5.33. The molecule has 2 saturated carbocycles. The van der Waals surface area contributed by atoms with Crippen molar-refractivity contribution in [3.8, 4) is 5.75 Å². The van der Waals surface area contributed by atoms with Crippen LogP contribution in [0, 0.1) is 5.82 Å². The first-order valence-electron chi connectivity index (χ1n) is 9.77. The quantitative estimate of drug-likeness (QED) is 0.709. The zero-order valence-electron chi connectivity index (χ0n) is 15.9. The van der Waals surface area contributed by atoms with Gasteiger partial charge in [-0.2, -0.15) is 0 Å². The van der Waals surface area contributed by atoms with E-state index in [2.05, 4.69) is 5.32 Å². The van der Waals surface area contributed by atoms with E-state index in [1.807, 2.05) is 12.1 Å². The molecule has 5 nitrogen and oxygen atoms in total. The zero-order valence-corrected chi connectivity index (χ0v) is 16.6. The maximum atomic E-state index is 13.1. The molecule has 2 aromatic carbocycles. The van der Waals surface area contributed by atoms with Crippen molar-refractivity contribution in [1.82, 2.24) is 10.2 Å². The highest BCUT2D eigenvalue weighted by Crippen LogP contribution is 2.29. The van der Waals surface area contributed by atoms with Crippen molar-refractivity contribution in [3.63, 3.8) is 0 Å². The Morgan fingerprint density at radius 3 is 2.45 bits per heavy atom. The van der Waals surface area contributed by atoms with Crippen LogP contribution in [-0.4, -0.2) is 35.4 Å². The monoisotopic (exact) mass is 416 g/mol. The third kappa shape index (κ3) is 5.26. The molecule has 2 aromatic rings. The maximum Gasteiger partial charge on any atom is 0.261 e. The molecule has 2 aliphatic rings. The van der Waals surface area contributed by atoms with Crippen LogP contribution >= 0.6 is 11.6 Å². The highest BCUT2D eigenvalue weighted by molar-refractivity contribution is 6.32. The molecule has 0 heterocycles. The molecule has 7 heteroatoms. The Hall–Kier alpha value is -2.60. The molecule has 0 aliphatic heterocycles. The van der Waals surface area contributed by atoms with E-state index in [0.717, 1.165) is 37.3 Å². The number of ether oxygens (including phenoxy) is 1. The van der Waals surface area contributed by atoms with Gasteiger partial charge in [-0.05, 0) is 61.6 Å². The molecule has 0 aromatic heterocycles. The third-order valence-electron chi connectivity index (χ3n) is 5.03. The second-order valence-corrected chi connectivity index (χ2v) is 7.97. The highest BCUT2D eigenvalue weighted by Gasteiger charge is 2.33. The van der Waals surface area contributed by atoms with Crippen LogP contribution in [-0.2, 0) is 11.3 Å². The number of halogens is 2. The van der Waals surface area contributed by atoms with E-state index in [9.17, 15) is 14.0 Å². The molecular weight excluding hydrogens is 395 g/mol. The SMILES string of the molecule is O=C(NC1CC1)c1ccc(CN(C(=O)COc2ccc(F)cc2Cl)C2CC2)cc1. The zero-order chi connectivity index (χ0) is 20.4. The normalized spacial score (nSPS) is 15.7. The second-order valence-electron chi connectivity index (χ2n) is 7.56. The molecule has 2 fully saturated rings. The number of amides is 2. The average molecular weight is 417 g/mol. The first-order chi connectivity index (χ1) is 14.0. The van der Waals surface area contributed by atoms with Crippen molar-refractivity contribution in [2.24, 2.45) is 0 Å². The summed E-state index contributed by atoms with van der Waals surface area (Å²) in [6.07, 6.45) is 4.02. The van der Waals surface area contributed by atoms with Gasteiger partial charge in [0.15, 0.2) is 6.61 Å². The Kier molecular flexibility index (Phi) is 5.72. The molecule has 152 valence electrons. The molecule has 4 rings (SSSR count). The topological polar surface area (TPSA) is 58.6 Å². The van der Waals surface area contributed by atoms with Gasteiger partial charge in [0.1, 0.15) is 11.6 Å². The fourth-order valence-corrected chi connectivity index (χ4v) is 3.30. The van der Waals surface area contributed by atoms with Crippen molar-refractivity contribution >= 4 is 23.4 Å². The Balaban J connectivity index is 1.36. The minimum atomic E-state index is -0.456. The molecule has 29 heavy (non-hydrogen) atoms. The van der Waals surface area contributed by atoms with E-state index in [4.69, 9.17) is 16.3 Å². The Labute approximate surface area is 173 Å². The van der Waals surface area contributed by atoms with Gasteiger partial charge in [-0.1, -0.05) is 23.7 Å². The van der Waals surface area contributed by atoms with Crippen LogP contribution < -0.4 is 10.1 Å². The molecule has 0 radical (unpaired) electrons. The van der Waals surface area contributed by atoms with Crippen molar-refractivity contribution in [1.29, 1.82) is 0 Å². The largest absolute Gasteiger partial charge is 0.482 e. The van der Waals surface area contributed by atoms with Crippen molar-refractivity contribution in [2.75, 3.05) is 6.61 Å². The van der Waals surface area contributed by atoms with Crippen LogP contribution in [0.25, 0.3) is 0 Å². The fraction of sp³-hybridized carbons (Fsp3) is 0.364. The first-order valence-corrected chi connectivity index (χ1v) is 10.1. The second kappa shape index (κ2) is 8.41. The van der Waals surface area contributed by atoms with Gasteiger partial charge >= 0.3 is 0 Å². The van der Waals surface area contributed by atoms with Gasteiger partial charge in [0.05, 0.1) is 5.02 Å². The van der Waals surface area contributed by atoms with E-state index in [-0.39, 0.29) is 35.2 Å². The number of rotatable bonds is 8. The highest BCUT2D eigenvalue weighted by atomic mass is 35.5. The van der Waals surface area contributed by atoms with E-state index in [0.29, 0.717) is 18.2 Å². The number of nitrogens with one attached hydrogen (secondary N) is 1. The summed E-state index contributed by atoms with van der Waals surface area (Å²) in [6.45, 7) is 0.290. The summed E-state index contributed by atoms with van der Waals surface area (Å²) in [5.41, 5.74) is 1.58. The smallest absolute Gasteiger partial charge is 0.261 e. The van der Waals surface area contributed by atoms with Crippen LogP contribution in [0.4, 0.5) is 4.39 Å². The fourth-order valence-electron chi connectivity index (χ4n) is 3.08. The van der Waals surface area contributed by atoms with Gasteiger partial charge in [0, 0.05) is 24.2 Å². The van der Waals surface area contributed by atoms with Crippen molar-refractivity contribution in [2.45, 2.75) is 44.3 Å². The Bertz CT molecular complexity index is 911. The molecule has 0 saturated heterocycles. The summed E-state index contributed by atoms with van der Waals surface area (Å²) in [4.78, 5) is 26.6. The van der Waals surface area contributed by atoms with Gasteiger partial charge in [0.2, 0.25) is 0 Å². The number of hydrogen-bond acceptors (Lipinski definition) is 3. The van der Waals surface area contributed by atoms with Gasteiger partial charge in [-0.25, -0.2) is 4.39 Å². The summed E-state index contributed by atoms with van der Waals surface area (Å²) in [7, 11) is 0. The van der Waals surface area contributed by atoms with Crippen LogP contribution in [0.2, 0.25) is 5.02 Å². The number of benzene rings is 2. The minimum absolute atomic E-state index is 0.0567. The number of hydrogen-bond donors (Lipinski definition) is 1. The van der Waals surface area contributed by atoms with Gasteiger partial charge in [-0.3, -0.25) is 9.59 Å². The molecule has 0 atom stereocenters. The van der Waals surface area contributed by atoms with E-state index in [1.54, 1.807) is 17.0 Å². The van der Waals surface area contributed by atoms with E-state index < -0.39 is 5.82 Å². The summed E-state index contributed by atoms with van der Waals surface area (Å²) >= 11 is 5.95. The summed E-state index contributed by atoms with van der Waals surface area (Å²) in [5.74, 6) is -0.382. The predicted molar refractivity (Wildman–Crippen MR) is 107 cm³/mol. The lowest BCUT2D eigenvalue weighted by Crippen LogP contribution is -2.36. The van der Waals surface area contributed by atoms with Crippen LogP contribution in [0.1, 0.15) is 41.6 Å². The van der Waals surface area contributed by atoms with Gasteiger partial charge in [0.25, 0.3) is 11.8 Å². The first kappa shape index (κ1) is 19.7. The van der Waals surface area contributed by atoms with E-state index in [1.165, 1.54) is 12.1 Å². The Morgan fingerprint density at radius 2 is 1.83 bits per heavy atom. The molecule has 1 N–H and O–H groups in total. The lowest BCUT2D eigenvalue weighted by atomic mass is 10.1. The maximum absolute atomic E-state index is 13.1. The van der Waals surface area contributed by atoms with Crippen molar-refractivity contribution in [3.05, 3.63) is 64.4 Å². The van der Waals surface area contributed by atoms with Gasteiger partial charge in [-0.15, -0.1) is 0 Å². The van der Waals surface area contributed by atoms with Crippen LogP contribution in [0.3, 0.4) is 0 Å². The lowest BCUT2D eigenvalue weighted by Gasteiger charge is -2.23. The summed E-state index contributed by atoms with van der Waals surface area (Å²) in [5, 5.41) is 3.10. The molecular formula is C22H22ClFN2O3. The number of nitrogens with zero attached hydrogens (tertiary/aromatic N) is 1. The van der Waals surface area contributed by atoms with Crippen LogP contribution in [0.5, 0.6) is 5.75 Å². The van der Waals surface area contributed by atoms with E-state index >= 15 is 0 Å². The number of carbonyl (C=O) groups excluding carboxylic acids is 2. The average Bonchev–Trinajstić information content (AvgIpc) is 3.60. The molecule has 0 bridgehead atoms. The summed E-state index contributed by atoms with van der Waals surface area (Å²) < 4.78 is 18.6. The lowest BCUT2D eigenvalue weighted by molar-refractivity contribution is -0.134. The molecule has 0 spiro atoms. The van der Waals surface area contributed by atoms with Gasteiger partial charge < -0.3 is 15.0 Å². The predicted octanol–water partition coefficient (Wildman–Crippen LogP) is 3.94. The molecule has 0 unspecified atom stereocenters. The minimum Gasteiger partial charge on any atom is -0.482 e. The summed E-state index contributed by atoms with van der Waals surface area (Å²) in [6, 6.07) is 11.7. The number of carbonyl (C=O) groups is 2. The standard InChI is InChI=1S/C22H22ClFN2O3/c23-19-11-16(24)5-10-20(19)29-13-21(27)26(18-8-9-18)12-14-1-3-15(4-2-14)22(28)25-17-6-7-17/h1-5,10-11,17-18H,6-9,12-13H2,(H,25,28). The van der Waals surface area contributed by atoms with Crippen LogP contribution in [0.15, 0.2) is 42.5 Å². The molecule has 2 amide bonds. The Morgan fingerprint density at radius 1 is 1.10 bits per heavy atom.